The lowest BCUT2D eigenvalue weighted by Crippen LogP contribution is -1.96. The molecule has 0 aliphatic heterocycles. The van der Waals surface area contributed by atoms with Gasteiger partial charge in [-0.25, -0.2) is 4.98 Å². The quantitative estimate of drug-likeness (QED) is 0.409. The van der Waals surface area contributed by atoms with Gasteiger partial charge in [-0.2, -0.15) is 0 Å². The van der Waals surface area contributed by atoms with E-state index in [9.17, 15) is 0 Å². The third-order valence-electron chi connectivity index (χ3n) is 5.18. The maximum Gasteiger partial charge on any atom is 0.220 e. The summed E-state index contributed by atoms with van der Waals surface area (Å²) >= 11 is 0. The fraction of sp³-hybridized carbons (Fsp3) is 0. The monoisotopic (exact) mass is 360 g/mol. The Hall–Kier alpha value is -3.92. The zero-order valence-electron chi connectivity index (χ0n) is 15.0. The zero-order valence-corrected chi connectivity index (χ0v) is 15.0. The minimum atomic E-state index is 0.910. The highest BCUT2D eigenvalue weighted by Crippen LogP contribution is 2.30. The molecular formula is C24H16N4. The Morgan fingerprint density at radius 3 is 2.21 bits per heavy atom. The number of aromatic nitrogens is 4. The lowest BCUT2D eigenvalue weighted by atomic mass is 10.1. The van der Waals surface area contributed by atoms with Gasteiger partial charge in [-0.3, -0.25) is 14.0 Å². The van der Waals surface area contributed by atoms with Crippen LogP contribution in [0.5, 0.6) is 0 Å². The molecule has 4 nitrogen and oxygen atoms in total. The summed E-state index contributed by atoms with van der Waals surface area (Å²) < 4.78 is 4.44. The molecule has 6 aromatic rings. The second-order valence-electron chi connectivity index (χ2n) is 6.83. The highest BCUT2D eigenvalue weighted by molar-refractivity contribution is 5.92. The largest absolute Gasteiger partial charge is 0.278 e. The van der Waals surface area contributed by atoms with Crippen LogP contribution in [-0.2, 0) is 0 Å². The Kier molecular flexibility index (Phi) is 3.14. The first-order valence-corrected chi connectivity index (χ1v) is 9.29. The highest BCUT2D eigenvalue weighted by atomic mass is 15.2. The van der Waals surface area contributed by atoms with Gasteiger partial charge in [0, 0.05) is 11.8 Å². The topological polar surface area (TPSA) is 35.1 Å². The molecule has 0 unspecified atom stereocenters. The summed E-state index contributed by atoms with van der Waals surface area (Å²) in [4.78, 5) is 9.52. The predicted molar refractivity (Wildman–Crippen MR) is 113 cm³/mol. The Balaban J connectivity index is 1.70. The van der Waals surface area contributed by atoms with Crippen molar-refractivity contribution in [2.45, 2.75) is 0 Å². The van der Waals surface area contributed by atoms with Crippen molar-refractivity contribution in [1.29, 1.82) is 0 Å². The second kappa shape index (κ2) is 5.79. The van der Waals surface area contributed by atoms with E-state index in [1.54, 1.807) is 0 Å². The molecule has 3 aromatic carbocycles. The molecular weight excluding hydrogens is 344 g/mol. The molecule has 0 aliphatic carbocycles. The molecule has 0 saturated carbocycles. The first-order chi connectivity index (χ1) is 13.9. The van der Waals surface area contributed by atoms with Gasteiger partial charge in [0.25, 0.3) is 0 Å². The van der Waals surface area contributed by atoms with Crippen LogP contribution >= 0.6 is 0 Å². The summed E-state index contributed by atoms with van der Waals surface area (Å²) in [5, 5.41) is 0. The van der Waals surface area contributed by atoms with Crippen LogP contribution in [0.15, 0.2) is 97.2 Å². The van der Waals surface area contributed by atoms with E-state index in [1.807, 2.05) is 36.5 Å². The van der Waals surface area contributed by atoms with Gasteiger partial charge in [0.1, 0.15) is 0 Å². The van der Waals surface area contributed by atoms with Crippen molar-refractivity contribution >= 4 is 27.8 Å². The van der Waals surface area contributed by atoms with Crippen molar-refractivity contribution in [3.63, 3.8) is 0 Å². The number of rotatable bonds is 2. The van der Waals surface area contributed by atoms with Gasteiger partial charge in [0.15, 0.2) is 0 Å². The molecule has 4 heteroatoms. The molecule has 0 amide bonds. The van der Waals surface area contributed by atoms with E-state index < -0.39 is 0 Å². The number of nitrogens with zero attached hydrogens (tertiary/aromatic N) is 4. The van der Waals surface area contributed by atoms with Crippen LogP contribution in [0.2, 0.25) is 0 Å². The number of hydrogen-bond acceptors (Lipinski definition) is 2. The van der Waals surface area contributed by atoms with Gasteiger partial charge >= 0.3 is 0 Å². The van der Waals surface area contributed by atoms with Crippen molar-refractivity contribution in [1.82, 2.24) is 18.9 Å². The van der Waals surface area contributed by atoms with Crippen molar-refractivity contribution in [2.24, 2.45) is 0 Å². The fourth-order valence-corrected chi connectivity index (χ4v) is 3.93. The molecule has 6 rings (SSSR count). The maximum absolute atomic E-state index is 4.94. The first kappa shape index (κ1) is 15.2. The first-order valence-electron chi connectivity index (χ1n) is 9.29. The molecule has 0 fully saturated rings. The number of pyridine rings is 1. The minimum Gasteiger partial charge on any atom is -0.278 e. The average molecular weight is 360 g/mol. The lowest BCUT2D eigenvalue weighted by Gasteiger charge is -2.07. The number of imidazole rings is 2. The number of benzene rings is 3. The van der Waals surface area contributed by atoms with Crippen LogP contribution < -0.4 is 0 Å². The Morgan fingerprint density at radius 1 is 0.643 bits per heavy atom. The van der Waals surface area contributed by atoms with Gasteiger partial charge in [0.05, 0.1) is 33.4 Å². The summed E-state index contributed by atoms with van der Waals surface area (Å²) in [6.07, 6.45) is 1.87. The van der Waals surface area contributed by atoms with Gasteiger partial charge in [-0.05, 0) is 36.4 Å². The predicted octanol–water partition coefficient (Wildman–Crippen LogP) is 5.49. The van der Waals surface area contributed by atoms with Crippen LogP contribution in [0.1, 0.15) is 0 Å². The summed E-state index contributed by atoms with van der Waals surface area (Å²) in [5.41, 5.74) is 7.48. The van der Waals surface area contributed by atoms with Crippen LogP contribution in [-0.4, -0.2) is 18.9 Å². The molecule has 132 valence electrons. The van der Waals surface area contributed by atoms with Crippen LogP contribution in [0.3, 0.4) is 0 Å². The van der Waals surface area contributed by atoms with E-state index in [0.717, 1.165) is 44.8 Å². The minimum absolute atomic E-state index is 0.910. The summed E-state index contributed by atoms with van der Waals surface area (Å²) in [7, 11) is 0. The fourth-order valence-electron chi connectivity index (χ4n) is 3.93. The number of fused-ring (bicyclic) bond motifs is 5. The van der Waals surface area contributed by atoms with Crippen molar-refractivity contribution < 1.29 is 0 Å². The molecule has 0 aliphatic rings. The van der Waals surface area contributed by atoms with E-state index in [-0.39, 0.29) is 0 Å². The van der Waals surface area contributed by atoms with Gasteiger partial charge in [0.2, 0.25) is 5.78 Å². The average Bonchev–Trinajstić information content (AvgIpc) is 3.29. The van der Waals surface area contributed by atoms with Crippen molar-refractivity contribution in [3.8, 4) is 16.9 Å². The molecule has 0 bridgehead atoms. The zero-order chi connectivity index (χ0) is 18.5. The molecule has 28 heavy (non-hydrogen) atoms. The molecule has 0 spiro atoms. The van der Waals surface area contributed by atoms with Crippen LogP contribution in [0, 0.1) is 0 Å². The maximum atomic E-state index is 4.94. The van der Waals surface area contributed by atoms with E-state index in [2.05, 4.69) is 74.6 Å². The molecule has 0 saturated heterocycles. The van der Waals surface area contributed by atoms with Gasteiger partial charge in [-0.15, -0.1) is 0 Å². The molecule has 0 atom stereocenters. The van der Waals surface area contributed by atoms with Gasteiger partial charge < -0.3 is 0 Å². The molecule has 3 heterocycles. The van der Waals surface area contributed by atoms with E-state index in [1.165, 1.54) is 0 Å². The smallest absolute Gasteiger partial charge is 0.220 e. The van der Waals surface area contributed by atoms with E-state index >= 15 is 0 Å². The third-order valence-corrected chi connectivity index (χ3v) is 5.18. The van der Waals surface area contributed by atoms with Crippen molar-refractivity contribution in [3.05, 3.63) is 97.2 Å². The molecule has 0 radical (unpaired) electrons. The van der Waals surface area contributed by atoms with Crippen LogP contribution in [0.25, 0.3) is 44.8 Å². The SMILES string of the molecule is c1ccc(-c2cc(-n3c4ccccc4n4c5ccccc5nc34)ccn2)cc1. The van der Waals surface area contributed by atoms with Crippen LogP contribution in [0.4, 0.5) is 0 Å². The lowest BCUT2D eigenvalue weighted by molar-refractivity contribution is 1.10. The Morgan fingerprint density at radius 2 is 1.36 bits per heavy atom. The molecule has 3 aromatic heterocycles. The summed E-state index contributed by atoms with van der Waals surface area (Å²) in [6, 6.07) is 31.1. The van der Waals surface area contributed by atoms with Gasteiger partial charge in [-0.1, -0.05) is 54.6 Å². The van der Waals surface area contributed by atoms with E-state index in [0.29, 0.717) is 0 Å². The van der Waals surface area contributed by atoms with E-state index in [4.69, 9.17) is 4.98 Å². The van der Waals surface area contributed by atoms with Crippen molar-refractivity contribution in [2.75, 3.05) is 0 Å². The highest BCUT2D eigenvalue weighted by Gasteiger charge is 2.16. The summed E-state index contributed by atoms with van der Waals surface area (Å²) in [6.45, 7) is 0. The standard InChI is InChI=1S/C24H16N4/c1-2-8-17(9-3-1)20-16-18(14-15-25-20)27-22-12-6-7-13-23(22)28-21-11-5-4-10-19(21)26-24(27)28/h1-16H. The number of hydrogen-bond donors (Lipinski definition) is 0. The number of para-hydroxylation sites is 4. The second-order valence-corrected chi connectivity index (χ2v) is 6.83. The normalized spacial score (nSPS) is 11.6. The summed E-state index contributed by atoms with van der Waals surface area (Å²) in [5.74, 6) is 0.910. The molecule has 0 N–H and O–H groups in total. The third kappa shape index (κ3) is 2.12. The Labute approximate surface area is 161 Å². The Bertz CT molecular complexity index is 1460.